The first-order chi connectivity index (χ1) is 9.45. The van der Waals surface area contributed by atoms with Gasteiger partial charge in [0.1, 0.15) is 5.71 Å². The van der Waals surface area contributed by atoms with Gasteiger partial charge in [-0.25, -0.2) is 4.79 Å². The fourth-order valence-corrected chi connectivity index (χ4v) is 2.18. The van der Waals surface area contributed by atoms with Crippen molar-refractivity contribution in [2.24, 2.45) is 4.99 Å². The molecule has 20 heavy (non-hydrogen) atoms. The van der Waals surface area contributed by atoms with Crippen LogP contribution in [0.15, 0.2) is 23.2 Å². The Labute approximate surface area is 118 Å². The average molecular weight is 273 g/mol. The van der Waals surface area contributed by atoms with Gasteiger partial charge in [-0.15, -0.1) is 0 Å². The maximum absolute atomic E-state index is 12.4. The van der Waals surface area contributed by atoms with E-state index in [9.17, 15) is 9.59 Å². The van der Waals surface area contributed by atoms with Crippen LogP contribution in [0.5, 0.6) is 0 Å². The number of anilines is 1. The van der Waals surface area contributed by atoms with Gasteiger partial charge in [0.05, 0.1) is 5.69 Å². The summed E-state index contributed by atoms with van der Waals surface area (Å²) in [6.45, 7) is 4.60. The highest BCUT2D eigenvalue weighted by atomic mass is 16.2. The number of nitrogens with zero attached hydrogens (tertiary/aromatic N) is 3. The van der Waals surface area contributed by atoms with Crippen molar-refractivity contribution >= 4 is 23.3 Å². The van der Waals surface area contributed by atoms with Gasteiger partial charge in [0, 0.05) is 26.2 Å². The normalized spacial score (nSPS) is 15.7. The van der Waals surface area contributed by atoms with Crippen molar-refractivity contribution in [2.75, 3.05) is 25.5 Å². The molecule has 0 aliphatic carbocycles. The number of carbonyl (C=O) groups excluding carboxylic acids is 2. The first-order valence-corrected chi connectivity index (χ1v) is 6.68. The first kappa shape index (κ1) is 14.2. The summed E-state index contributed by atoms with van der Waals surface area (Å²) in [5, 5.41) is 0. The number of rotatable bonds is 2. The third kappa shape index (κ3) is 2.43. The summed E-state index contributed by atoms with van der Waals surface area (Å²) in [5.74, 6) is -0.192. The molecule has 1 heterocycles. The van der Waals surface area contributed by atoms with Crippen molar-refractivity contribution < 1.29 is 9.59 Å². The minimum absolute atomic E-state index is 0.192. The van der Waals surface area contributed by atoms with Crippen LogP contribution in [-0.4, -0.2) is 43.2 Å². The molecule has 0 fully saturated rings. The molecular formula is C15H19N3O2. The Morgan fingerprint density at radius 1 is 1.35 bits per heavy atom. The predicted octanol–water partition coefficient (Wildman–Crippen LogP) is 2.22. The van der Waals surface area contributed by atoms with Crippen LogP contribution in [0.1, 0.15) is 24.5 Å². The van der Waals surface area contributed by atoms with E-state index in [2.05, 4.69) is 4.99 Å². The summed E-state index contributed by atoms with van der Waals surface area (Å²) in [7, 11) is 3.24. The topological polar surface area (TPSA) is 53.0 Å². The summed E-state index contributed by atoms with van der Waals surface area (Å²) >= 11 is 0. The van der Waals surface area contributed by atoms with Crippen LogP contribution in [-0.2, 0) is 4.79 Å². The molecule has 0 saturated carbocycles. The number of urea groups is 1. The number of carbonyl (C=O) groups is 2. The Balaban J connectivity index is 2.52. The number of aryl methyl sites for hydroxylation is 1. The van der Waals surface area contributed by atoms with Crippen LogP contribution >= 0.6 is 0 Å². The predicted molar refractivity (Wildman–Crippen MR) is 79.4 cm³/mol. The third-order valence-electron chi connectivity index (χ3n) is 3.18. The lowest BCUT2D eigenvalue weighted by atomic mass is 10.1. The zero-order valence-corrected chi connectivity index (χ0v) is 12.3. The maximum atomic E-state index is 12.4. The first-order valence-electron chi connectivity index (χ1n) is 6.68. The Bertz CT molecular complexity index is 591. The number of hydrogen-bond acceptors (Lipinski definition) is 2. The van der Waals surface area contributed by atoms with E-state index in [1.807, 2.05) is 32.0 Å². The van der Waals surface area contributed by atoms with Gasteiger partial charge in [0.15, 0.2) is 0 Å². The van der Waals surface area contributed by atoms with Gasteiger partial charge >= 0.3 is 6.03 Å². The molecule has 0 radical (unpaired) electrons. The summed E-state index contributed by atoms with van der Waals surface area (Å²) < 4.78 is 0. The number of aliphatic imine (C=N–C) groups is 1. The lowest BCUT2D eigenvalue weighted by Gasteiger charge is -2.15. The van der Waals surface area contributed by atoms with Gasteiger partial charge in [-0.1, -0.05) is 18.6 Å². The molecule has 0 N–H and O–H groups in total. The molecule has 1 aromatic rings. The van der Waals surface area contributed by atoms with E-state index < -0.39 is 6.03 Å². The van der Waals surface area contributed by atoms with E-state index in [4.69, 9.17) is 0 Å². The highest BCUT2D eigenvalue weighted by Gasteiger charge is 2.34. The van der Waals surface area contributed by atoms with Crippen molar-refractivity contribution in [2.45, 2.75) is 20.3 Å². The van der Waals surface area contributed by atoms with Crippen molar-refractivity contribution in [3.8, 4) is 0 Å². The summed E-state index contributed by atoms with van der Waals surface area (Å²) in [6, 6.07) is 5.37. The van der Waals surface area contributed by atoms with Gasteiger partial charge in [0.25, 0.3) is 5.91 Å². The molecule has 0 saturated heterocycles. The standard InChI is InChI=1S/C15H19N3O2/c1-5-8-18-12-7-6-10(2)9-11(12)13(14(18)19)16-15(20)17(3)4/h6-7,9H,5,8H2,1-4H3/b16-13-. The van der Waals surface area contributed by atoms with Crippen molar-refractivity contribution in [3.05, 3.63) is 29.3 Å². The lowest BCUT2D eigenvalue weighted by molar-refractivity contribution is -0.112. The highest BCUT2D eigenvalue weighted by Crippen LogP contribution is 2.30. The Kier molecular flexibility index (Phi) is 3.88. The molecule has 3 amide bonds. The smallest absolute Gasteiger partial charge is 0.329 e. The highest BCUT2D eigenvalue weighted by molar-refractivity contribution is 6.55. The maximum Gasteiger partial charge on any atom is 0.343 e. The van der Waals surface area contributed by atoms with E-state index in [0.29, 0.717) is 6.54 Å². The van der Waals surface area contributed by atoms with Crippen molar-refractivity contribution in [1.82, 2.24) is 4.90 Å². The van der Waals surface area contributed by atoms with Crippen LogP contribution in [0.25, 0.3) is 0 Å². The molecular weight excluding hydrogens is 254 g/mol. The number of amides is 3. The third-order valence-corrected chi connectivity index (χ3v) is 3.18. The number of benzene rings is 1. The van der Waals surface area contributed by atoms with Crippen LogP contribution in [0.3, 0.4) is 0 Å². The minimum Gasteiger partial charge on any atom is -0.329 e. The van der Waals surface area contributed by atoms with Crippen molar-refractivity contribution in [3.63, 3.8) is 0 Å². The van der Waals surface area contributed by atoms with Crippen molar-refractivity contribution in [1.29, 1.82) is 0 Å². The van der Waals surface area contributed by atoms with Crippen LogP contribution < -0.4 is 4.90 Å². The average Bonchev–Trinajstić information content (AvgIpc) is 2.64. The summed E-state index contributed by atoms with van der Waals surface area (Å²) in [6.07, 6.45) is 0.855. The fraction of sp³-hybridized carbons (Fsp3) is 0.400. The van der Waals surface area contributed by atoms with Gasteiger partial charge in [0.2, 0.25) is 0 Å². The molecule has 2 rings (SSSR count). The van der Waals surface area contributed by atoms with E-state index in [0.717, 1.165) is 23.2 Å². The molecule has 1 aliphatic heterocycles. The van der Waals surface area contributed by atoms with E-state index in [1.54, 1.807) is 19.0 Å². The quantitative estimate of drug-likeness (QED) is 0.829. The van der Waals surface area contributed by atoms with Gasteiger partial charge in [-0.3, -0.25) is 4.79 Å². The number of hydrogen-bond donors (Lipinski definition) is 0. The van der Waals surface area contributed by atoms with Crippen LogP contribution in [0.4, 0.5) is 10.5 Å². The molecule has 0 bridgehead atoms. The van der Waals surface area contributed by atoms with Gasteiger partial charge in [-0.2, -0.15) is 4.99 Å². The second-order valence-electron chi connectivity index (χ2n) is 5.11. The van der Waals surface area contributed by atoms with Gasteiger partial charge in [-0.05, 0) is 25.5 Å². The molecule has 0 unspecified atom stereocenters. The van der Waals surface area contributed by atoms with E-state index in [1.165, 1.54) is 4.90 Å². The second-order valence-corrected chi connectivity index (χ2v) is 5.11. The zero-order chi connectivity index (χ0) is 14.9. The molecule has 0 atom stereocenters. The Morgan fingerprint density at radius 2 is 2.05 bits per heavy atom. The molecule has 106 valence electrons. The van der Waals surface area contributed by atoms with Crippen LogP contribution in [0.2, 0.25) is 0 Å². The molecule has 0 aromatic heterocycles. The SMILES string of the molecule is CCCN1C(=O)/C(=N\C(=O)N(C)C)c2cc(C)ccc21. The molecule has 5 heteroatoms. The number of fused-ring (bicyclic) bond motifs is 1. The zero-order valence-electron chi connectivity index (χ0n) is 12.3. The van der Waals surface area contributed by atoms with E-state index >= 15 is 0 Å². The lowest BCUT2D eigenvalue weighted by Crippen LogP contribution is -2.31. The largest absolute Gasteiger partial charge is 0.343 e. The monoisotopic (exact) mass is 273 g/mol. The second kappa shape index (κ2) is 5.45. The van der Waals surface area contributed by atoms with Gasteiger partial charge < -0.3 is 9.80 Å². The molecule has 1 aliphatic rings. The fourth-order valence-electron chi connectivity index (χ4n) is 2.18. The summed E-state index contributed by atoms with van der Waals surface area (Å²) in [4.78, 5) is 31.3. The Morgan fingerprint density at radius 3 is 2.65 bits per heavy atom. The minimum atomic E-state index is -0.417. The molecule has 5 nitrogen and oxygen atoms in total. The van der Waals surface area contributed by atoms with Crippen LogP contribution in [0, 0.1) is 6.92 Å². The Hall–Kier alpha value is -2.17. The molecule has 0 spiro atoms. The molecule has 1 aromatic carbocycles. The van der Waals surface area contributed by atoms with E-state index in [-0.39, 0.29) is 11.6 Å². The summed E-state index contributed by atoms with van der Waals surface area (Å²) in [5.41, 5.74) is 2.88.